The van der Waals surface area contributed by atoms with Crippen molar-refractivity contribution in [2.24, 2.45) is 0 Å². The van der Waals surface area contributed by atoms with E-state index in [0.29, 0.717) is 11.6 Å². The Bertz CT molecular complexity index is 1140. The summed E-state index contributed by atoms with van der Waals surface area (Å²) in [4.78, 5) is 27.8. The lowest BCUT2D eigenvalue weighted by atomic mass is 10.1. The van der Waals surface area contributed by atoms with Crippen molar-refractivity contribution in [3.8, 4) is 5.75 Å². The molecular formula is C25H34ClN3O5S. The Labute approximate surface area is 213 Å². The molecule has 192 valence electrons. The lowest BCUT2D eigenvalue weighted by molar-refractivity contribution is -0.139. The minimum atomic E-state index is -3.89. The zero-order valence-corrected chi connectivity index (χ0v) is 22.4. The van der Waals surface area contributed by atoms with Crippen LogP contribution in [0.4, 0.5) is 5.69 Å². The monoisotopic (exact) mass is 523 g/mol. The van der Waals surface area contributed by atoms with Gasteiger partial charge in [-0.25, -0.2) is 8.42 Å². The van der Waals surface area contributed by atoms with Gasteiger partial charge >= 0.3 is 0 Å². The minimum Gasteiger partial charge on any atom is -0.495 e. The fourth-order valence-corrected chi connectivity index (χ4v) is 4.59. The van der Waals surface area contributed by atoms with Crippen LogP contribution in [0.15, 0.2) is 42.5 Å². The first-order chi connectivity index (χ1) is 16.5. The molecule has 0 saturated carbocycles. The van der Waals surface area contributed by atoms with Crippen molar-refractivity contribution in [1.29, 1.82) is 0 Å². The van der Waals surface area contributed by atoms with E-state index in [-0.39, 0.29) is 23.9 Å². The Balaban J connectivity index is 2.42. The average Bonchev–Trinajstić information content (AvgIpc) is 2.79. The van der Waals surface area contributed by atoms with E-state index in [1.807, 2.05) is 38.1 Å². The molecule has 2 rings (SSSR count). The number of hydrogen-bond donors (Lipinski definition) is 1. The third kappa shape index (κ3) is 8.14. The molecule has 0 spiro atoms. The molecule has 2 aromatic rings. The van der Waals surface area contributed by atoms with Crippen molar-refractivity contribution in [3.05, 3.63) is 58.6 Å². The first-order valence-electron chi connectivity index (χ1n) is 11.4. The van der Waals surface area contributed by atoms with Gasteiger partial charge in [-0.05, 0) is 44.0 Å². The van der Waals surface area contributed by atoms with E-state index in [1.165, 1.54) is 24.1 Å². The van der Waals surface area contributed by atoms with Crippen molar-refractivity contribution in [2.45, 2.75) is 46.2 Å². The molecule has 10 heteroatoms. The summed E-state index contributed by atoms with van der Waals surface area (Å²) < 4.78 is 31.7. The van der Waals surface area contributed by atoms with Gasteiger partial charge in [-0.2, -0.15) is 0 Å². The summed E-state index contributed by atoms with van der Waals surface area (Å²) in [7, 11) is -2.49. The van der Waals surface area contributed by atoms with Gasteiger partial charge in [0.2, 0.25) is 21.8 Å². The van der Waals surface area contributed by atoms with Gasteiger partial charge in [-0.3, -0.25) is 13.9 Å². The molecule has 0 radical (unpaired) electrons. The maximum atomic E-state index is 13.6. The molecule has 0 bridgehead atoms. The number of hydrogen-bond acceptors (Lipinski definition) is 5. The largest absolute Gasteiger partial charge is 0.495 e. The van der Waals surface area contributed by atoms with Gasteiger partial charge in [0.25, 0.3) is 0 Å². The quantitative estimate of drug-likeness (QED) is 0.427. The van der Waals surface area contributed by atoms with Crippen LogP contribution in [0.3, 0.4) is 0 Å². The number of methoxy groups -OCH3 is 1. The van der Waals surface area contributed by atoms with Gasteiger partial charge in [0.05, 0.1) is 19.1 Å². The average molecular weight is 524 g/mol. The molecule has 0 heterocycles. The van der Waals surface area contributed by atoms with Crippen LogP contribution in [0, 0.1) is 6.92 Å². The maximum absolute atomic E-state index is 13.6. The molecule has 35 heavy (non-hydrogen) atoms. The molecular weight excluding hydrogens is 490 g/mol. The first-order valence-corrected chi connectivity index (χ1v) is 13.6. The first kappa shape index (κ1) is 28.5. The van der Waals surface area contributed by atoms with E-state index in [4.69, 9.17) is 16.3 Å². The summed E-state index contributed by atoms with van der Waals surface area (Å²) in [5, 5.41) is 3.15. The number of rotatable bonds is 12. The maximum Gasteiger partial charge on any atom is 0.244 e. The standard InChI is InChI=1S/C25H34ClN3O5S/c1-6-7-13-27-25(31)19(3)28(16-20-10-8-9-18(2)14-20)24(30)17-29(35(5,32)33)22-15-21(26)11-12-23(22)34-4/h8-12,14-15,19H,6-7,13,16-17H2,1-5H3,(H,27,31)/t19-/m0/s1. The SMILES string of the molecule is CCCCNC(=O)[C@H](C)N(Cc1cccc(C)c1)C(=O)CN(c1cc(Cl)ccc1OC)S(C)(=O)=O. The summed E-state index contributed by atoms with van der Waals surface area (Å²) in [6.07, 6.45) is 2.75. The molecule has 0 aliphatic carbocycles. The molecule has 1 atom stereocenters. The lowest BCUT2D eigenvalue weighted by Crippen LogP contribution is -2.51. The van der Waals surface area contributed by atoms with Crippen molar-refractivity contribution < 1.29 is 22.7 Å². The van der Waals surface area contributed by atoms with E-state index in [9.17, 15) is 18.0 Å². The molecule has 2 aromatic carbocycles. The third-order valence-electron chi connectivity index (χ3n) is 5.52. The number of nitrogens with one attached hydrogen (secondary N) is 1. The topological polar surface area (TPSA) is 96.0 Å². The van der Waals surface area contributed by atoms with Crippen LogP contribution in [0.2, 0.25) is 5.02 Å². The summed E-state index contributed by atoms with van der Waals surface area (Å²) in [6.45, 7) is 5.72. The lowest BCUT2D eigenvalue weighted by Gasteiger charge is -2.32. The number of carbonyl (C=O) groups excluding carboxylic acids is 2. The van der Waals surface area contributed by atoms with Gasteiger partial charge < -0.3 is 15.0 Å². The minimum absolute atomic E-state index is 0.145. The third-order valence-corrected chi connectivity index (χ3v) is 6.88. The number of amides is 2. The van der Waals surface area contributed by atoms with E-state index < -0.39 is 28.5 Å². The van der Waals surface area contributed by atoms with Crippen molar-refractivity contribution in [3.63, 3.8) is 0 Å². The zero-order valence-electron chi connectivity index (χ0n) is 20.9. The van der Waals surface area contributed by atoms with Crippen molar-refractivity contribution in [2.75, 3.05) is 30.8 Å². The van der Waals surface area contributed by atoms with Crippen LogP contribution in [0.1, 0.15) is 37.8 Å². The fraction of sp³-hybridized carbons (Fsp3) is 0.440. The van der Waals surface area contributed by atoms with Crippen LogP contribution in [-0.2, 0) is 26.2 Å². The fourth-order valence-electron chi connectivity index (χ4n) is 3.58. The molecule has 0 aliphatic rings. The number of aryl methyl sites for hydroxylation is 1. The summed E-state index contributed by atoms with van der Waals surface area (Å²) in [6, 6.07) is 11.3. The number of unbranched alkanes of at least 4 members (excludes halogenated alkanes) is 1. The molecule has 0 fully saturated rings. The highest BCUT2D eigenvalue weighted by atomic mass is 35.5. The van der Waals surface area contributed by atoms with E-state index in [0.717, 1.165) is 34.5 Å². The van der Waals surface area contributed by atoms with Crippen LogP contribution >= 0.6 is 11.6 Å². The number of benzene rings is 2. The van der Waals surface area contributed by atoms with Crippen LogP contribution in [-0.4, -0.2) is 57.6 Å². The predicted molar refractivity (Wildman–Crippen MR) is 139 cm³/mol. The Morgan fingerprint density at radius 1 is 1.17 bits per heavy atom. The van der Waals surface area contributed by atoms with Crippen molar-refractivity contribution >= 4 is 39.1 Å². The summed E-state index contributed by atoms with van der Waals surface area (Å²) >= 11 is 6.12. The highest BCUT2D eigenvalue weighted by molar-refractivity contribution is 7.92. The number of carbonyl (C=O) groups is 2. The molecule has 0 saturated heterocycles. The summed E-state index contributed by atoms with van der Waals surface area (Å²) in [5.41, 5.74) is 1.99. The highest BCUT2D eigenvalue weighted by Gasteiger charge is 2.31. The van der Waals surface area contributed by atoms with E-state index in [2.05, 4.69) is 5.32 Å². The number of anilines is 1. The second-order valence-corrected chi connectivity index (χ2v) is 10.8. The molecule has 0 aromatic heterocycles. The van der Waals surface area contributed by atoms with Gasteiger partial charge in [0, 0.05) is 18.1 Å². The van der Waals surface area contributed by atoms with Crippen LogP contribution in [0.25, 0.3) is 0 Å². The second kappa shape index (κ2) is 12.8. The Morgan fingerprint density at radius 3 is 2.49 bits per heavy atom. The Hall–Kier alpha value is -2.78. The van der Waals surface area contributed by atoms with Gasteiger partial charge in [-0.15, -0.1) is 0 Å². The van der Waals surface area contributed by atoms with E-state index >= 15 is 0 Å². The number of sulfonamides is 1. The number of halogens is 1. The zero-order chi connectivity index (χ0) is 26.2. The van der Waals surface area contributed by atoms with Crippen LogP contribution in [0.5, 0.6) is 5.75 Å². The van der Waals surface area contributed by atoms with Gasteiger partial charge in [0.15, 0.2) is 0 Å². The van der Waals surface area contributed by atoms with Crippen LogP contribution < -0.4 is 14.4 Å². The Morgan fingerprint density at radius 2 is 1.89 bits per heavy atom. The van der Waals surface area contributed by atoms with Gasteiger partial charge in [0.1, 0.15) is 18.3 Å². The smallest absolute Gasteiger partial charge is 0.244 e. The molecule has 2 amide bonds. The summed E-state index contributed by atoms with van der Waals surface area (Å²) in [5.74, 6) is -0.578. The highest BCUT2D eigenvalue weighted by Crippen LogP contribution is 2.33. The Kier molecular flexibility index (Phi) is 10.4. The number of ether oxygens (including phenoxy) is 1. The molecule has 1 N–H and O–H groups in total. The van der Waals surface area contributed by atoms with E-state index in [1.54, 1.807) is 13.0 Å². The number of nitrogens with zero attached hydrogens (tertiary/aromatic N) is 2. The predicted octanol–water partition coefficient (Wildman–Crippen LogP) is 3.76. The van der Waals surface area contributed by atoms with Crippen molar-refractivity contribution in [1.82, 2.24) is 10.2 Å². The van der Waals surface area contributed by atoms with Gasteiger partial charge in [-0.1, -0.05) is 54.8 Å². The second-order valence-electron chi connectivity index (χ2n) is 8.42. The normalized spacial score (nSPS) is 12.1. The molecule has 0 aliphatic heterocycles. The molecule has 8 nitrogen and oxygen atoms in total. The molecule has 0 unspecified atom stereocenters.